The van der Waals surface area contributed by atoms with Crippen molar-refractivity contribution in [3.63, 3.8) is 0 Å². The monoisotopic (exact) mass is 459 g/mol. The van der Waals surface area contributed by atoms with E-state index in [0.717, 1.165) is 5.56 Å². The molecular weight excluding hydrogens is 434 g/mol. The van der Waals surface area contributed by atoms with Crippen molar-refractivity contribution in [2.24, 2.45) is 0 Å². The molecule has 1 atom stereocenters. The van der Waals surface area contributed by atoms with Gasteiger partial charge in [0.1, 0.15) is 25.6 Å². The number of rotatable bonds is 7. The summed E-state index contributed by atoms with van der Waals surface area (Å²) in [4.78, 5) is 28.0. The number of fused-ring (bicyclic) bond motifs is 2. The minimum absolute atomic E-state index is 0.240. The first-order valence-corrected chi connectivity index (χ1v) is 11.2. The van der Waals surface area contributed by atoms with E-state index in [-0.39, 0.29) is 25.4 Å². The van der Waals surface area contributed by atoms with E-state index in [4.69, 9.17) is 14.2 Å². The molecule has 1 N–H and O–H groups in total. The molecule has 0 saturated heterocycles. The van der Waals surface area contributed by atoms with E-state index in [1.165, 1.54) is 4.90 Å². The van der Waals surface area contributed by atoms with E-state index in [9.17, 15) is 14.7 Å². The lowest BCUT2D eigenvalue weighted by molar-refractivity contribution is -0.135. The first-order valence-electron chi connectivity index (χ1n) is 11.2. The van der Waals surface area contributed by atoms with Crippen LogP contribution >= 0.6 is 0 Å². The van der Waals surface area contributed by atoms with Gasteiger partial charge in [0.05, 0.1) is 18.7 Å². The smallest absolute Gasteiger partial charge is 0.264 e. The Labute approximate surface area is 197 Å². The molecule has 1 amide bonds. The van der Waals surface area contributed by atoms with Crippen LogP contribution in [0.2, 0.25) is 0 Å². The maximum absolute atomic E-state index is 13.4. The van der Waals surface area contributed by atoms with Crippen molar-refractivity contribution >= 4 is 17.4 Å². The summed E-state index contributed by atoms with van der Waals surface area (Å²) in [5.74, 6) is 0.873. The van der Waals surface area contributed by atoms with E-state index >= 15 is 0 Å². The SMILES string of the molecule is Cc1cccc(OCCN2C(=O)C(O)(CC(=O)c3ccc4c(c3)OCCO4)c3ccccc32)c1. The van der Waals surface area contributed by atoms with Crippen molar-refractivity contribution in [1.29, 1.82) is 0 Å². The molecular formula is C27H25NO6. The van der Waals surface area contributed by atoms with Crippen molar-refractivity contribution in [2.75, 3.05) is 31.3 Å². The number of ether oxygens (including phenoxy) is 3. The van der Waals surface area contributed by atoms with E-state index in [1.807, 2.05) is 31.2 Å². The molecule has 2 aliphatic rings. The Hall–Kier alpha value is -3.84. The van der Waals surface area contributed by atoms with Crippen molar-refractivity contribution in [3.05, 3.63) is 83.4 Å². The molecule has 0 aliphatic carbocycles. The van der Waals surface area contributed by atoms with Crippen molar-refractivity contribution in [2.45, 2.75) is 18.9 Å². The summed E-state index contributed by atoms with van der Waals surface area (Å²) < 4.78 is 16.9. The number of para-hydroxylation sites is 1. The van der Waals surface area contributed by atoms with Gasteiger partial charge < -0.3 is 24.2 Å². The number of Topliss-reactive ketones (excluding diaryl/α,β-unsaturated/α-hetero) is 1. The molecule has 1 unspecified atom stereocenters. The number of aliphatic hydroxyl groups is 1. The summed E-state index contributed by atoms with van der Waals surface area (Å²) >= 11 is 0. The van der Waals surface area contributed by atoms with Crippen molar-refractivity contribution < 1.29 is 28.9 Å². The first-order chi connectivity index (χ1) is 16.5. The molecule has 7 heteroatoms. The Bertz CT molecular complexity index is 1260. The number of amides is 1. The predicted molar refractivity (Wildman–Crippen MR) is 126 cm³/mol. The molecule has 3 aromatic rings. The van der Waals surface area contributed by atoms with Gasteiger partial charge in [-0.2, -0.15) is 0 Å². The highest BCUT2D eigenvalue weighted by Crippen LogP contribution is 2.43. The highest BCUT2D eigenvalue weighted by Gasteiger charge is 2.50. The lowest BCUT2D eigenvalue weighted by Crippen LogP contribution is -2.43. The van der Waals surface area contributed by atoms with Gasteiger partial charge in [-0.25, -0.2) is 0 Å². The van der Waals surface area contributed by atoms with E-state index in [0.29, 0.717) is 47.3 Å². The molecule has 0 fully saturated rings. The molecule has 2 aliphatic heterocycles. The molecule has 0 spiro atoms. The summed E-state index contributed by atoms with van der Waals surface area (Å²) in [6, 6.07) is 19.6. The predicted octanol–water partition coefficient (Wildman–Crippen LogP) is 3.65. The summed E-state index contributed by atoms with van der Waals surface area (Å²) in [7, 11) is 0. The maximum Gasteiger partial charge on any atom is 0.264 e. The van der Waals surface area contributed by atoms with Gasteiger partial charge in [-0.15, -0.1) is 0 Å². The van der Waals surface area contributed by atoms with Crippen LogP contribution in [-0.4, -0.2) is 43.2 Å². The minimum atomic E-state index is -1.95. The van der Waals surface area contributed by atoms with Gasteiger partial charge in [-0.05, 0) is 48.9 Å². The zero-order chi connectivity index (χ0) is 23.7. The molecule has 0 bridgehead atoms. The molecule has 7 nitrogen and oxygen atoms in total. The van der Waals surface area contributed by atoms with Crippen LogP contribution in [0.3, 0.4) is 0 Å². The van der Waals surface area contributed by atoms with E-state index in [2.05, 4.69) is 0 Å². The Morgan fingerprint density at radius 1 is 1.03 bits per heavy atom. The second kappa shape index (κ2) is 8.83. The number of benzene rings is 3. The molecule has 0 saturated carbocycles. The van der Waals surface area contributed by atoms with E-state index in [1.54, 1.807) is 42.5 Å². The average molecular weight is 459 g/mol. The van der Waals surface area contributed by atoms with Gasteiger partial charge in [0.25, 0.3) is 5.91 Å². The third kappa shape index (κ3) is 3.99. The van der Waals surface area contributed by atoms with Crippen LogP contribution in [0.1, 0.15) is 27.9 Å². The van der Waals surface area contributed by atoms with Crippen LogP contribution in [0.15, 0.2) is 66.7 Å². The number of aryl methyl sites for hydroxylation is 1. The van der Waals surface area contributed by atoms with Gasteiger partial charge in [-0.1, -0.05) is 30.3 Å². The molecule has 0 radical (unpaired) electrons. The van der Waals surface area contributed by atoms with Gasteiger partial charge in [0.15, 0.2) is 22.9 Å². The highest BCUT2D eigenvalue weighted by molar-refractivity contribution is 6.10. The third-order valence-corrected chi connectivity index (χ3v) is 6.09. The average Bonchev–Trinajstić information content (AvgIpc) is 3.05. The van der Waals surface area contributed by atoms with Crippen LogP contribution in [0, 0.1) is 6.92 Å². The number of hydrogen-bond acceptors (Lipinski definition) is 6. The van der Waals surface area contributed by atoms with E-state index < -0.39 is 11.5 Å². The second-order valence-electron chi connectivity index (χ2n) is 8.46. The van der Waals surface area contributed by atoms with Crippen molar-refractivity contribution in [1.82, 2.24) is 0 Å². The largest absolute Gasteiger partial charge is 0.492 e. The molecule has 174 valence electrons. The highest BCUT2D eigenvalue weighted by atomic mass is 16.6. The Morgan fingerprint density at radius 3 is 2.65 bits per heavy atom. The Morgan fingerprint density at radius 2 is 1.82 bits per heavy atom. The fourth-order valence-corrected chi connectivity index (χ4v) is 4.41. The fraction of sp³-hybridized carbons (Fsp3) is 0.259. The van der Waals surface area contributed by atoms with Crippen LogP contribution in [0.5, 0.6) is 17.2 Å². The second-order valence-corrected chi connectivity index (χ2v) is 8.46. The number of nitrogens with zero attached hydrogens (tertiary/aromatic N) is 1. The molecule has 5 rings (SSSR count). The standard InChI is InChI=1S/C27H25NO6/c1-18-5-4-6-20(15-18)32-12-11-28-22-8-3-2-7-21(22)27(31,26(28)30)17-23(29)19-9-10-24-25(16-19)34-14-13-33-24/h2-10,15-16,31H,11-14,17H2,1H3. The van der Waals surface area contributed by atoms with Gasteiger partial charge in [-0.3, -0.25) is 9.59 Å². The summed E-state index contributed by atoms with van der Waals surface area (Å²) in [5.41, 5.74) is 0.472. The normalized spacial score (nSPS) is 18.5. The number of hydrogen-bond donors (Lipinski definition) is 1. The van der Waals surface area contributed by atoms with Crippen molar-refractivity contribution in [3.8, 4) is 17.2 Å². The maximum atomic E-state index is 13.4. The Balaban J connectivity index is 1.35. The Kier molecular flexibility index (Phi) is 5.71. The topological polar surface area (TPSA) is 85.3 Å². The fourth-order valence-electron chi connectivity index (χ4n) is 4.41. The number of ketones is 1. The molecule has 34 heavy (non-hydrogen) atoms. The summed E-state index contributed by atoms with van der Waals surface area (Å²) in [5, 5.41) is 11.5. The molecule has 2 heterocycles. The third-order valence-electron chi connectivity index (χ3n) is 6.09. The zero-order valence-electron chi connectivity index (χ0n) is 18.8. The molecule has 0 aromatic heterocycles. The zero-order valence-corrected chi connectivity index (χ0v) is 18.8. The summed E-state index contributed by atoms with van der Waals surface area (Å²) in [6.07, 6.45) is -0.377. The summed E-state index contributed by atoms with van der Waals surface area (Å²) in [6.45, 7) is 3.32. The quantitative estimate of drug-likeness (QED) is 0.543. The number of anilines is 1. The van der Waals surface area contributed by atoms with Gasteiger partial charge in [0, 0.05) is 11.1 Å². The first kappa shape index (κ1) is 22.0. The van der Waals surface area contributed by atoms with Crippen LogP contribution in [-0.2, 0) is 10.4 Å². The number of carbonyl (C=O) groups excluding carboxylic acids is 2. The van der Waals surface area contributed by atoms with Gasteiger partial charge >= 0.3 is 0 Å². The number of carbonyl (C=O) groups is 2. The van der Waals surface area contributed by atoms with Crippen LogP contribution < -0.4 is 19.1 Å². The minimum Gasteiger partial charge on any atom is -0.492 e. The lowest BCUT2D eigenvalue weighted by Gasteiger charge is -2.23. The lowest BCUT2D eigenvalue weighted by atomic mass is 9.88. The van der Waals surface area contributed by atoms with Crippen LogP contribution in [0.4, 0.5) is 5.69 Å². The van der Waals surface area contributed by atoms with Gasteiger partial charge in [0.2, 0.25) is 0 Å². The van der Waals surface area contributed by atoms with Crippen LogP contribution in [0.25, 0.3) is 0 Å². The molecule has 3 aromatic carbocycles.